The van der Waals surface area contributed by atoms with Gasteiger partial charge >= 0.3 is 0 Å². The van der Waals surface area contributed by atoms with Crippen LogP contribution in [-0.2, 0) is 16.2 Å². The standard InChI is InChI=1S/C21H23FN2O3/c1-3-21(25)24(13-15-4-8-17(22)9-5-15)14-19-12-20(23-27-19)16-6-10-18(26-2)11-7-16/h4-11,19H,3,12-14H2,1-2H3. The minimum Gasteiger partial charge on any atom is -0.497 e. The highest BCUT2D eigenvalue weighted by Gasteiger charge is 2.26. The predicted molar refractivity (Wildman–Crippen MR) is 101 cm³/mol. The SMILES string of the molecule is CCC(=O)N(Cc1ccc(F)cc1)CC1CC(c2ccc(OC)cc2)=NO1. The maximum Gasteiger partial charge on any atom is 0.222 e. The number of benzene rings is 2. The van der Waals surface area contributed by atoms with E-state index in [1.807, 2.05) is 31.2 Å². The second-order valence-electron chi connectivity index (χ2n) is 6.45. The topological polar surface area (TPSA) is 51.1 Å². The van der Waals surface area contributed by atoms with Gasteiger partial charge in [-0.05, 0) is 47.5 Å². The van der Waals surface area contributed by atoms with Crippen molar-refractivity contribution in [1.29, 1.82) is 0 Å². The average Bonchev–Trinajstić information content (AvgIpc) is 3.17. The maximum absolute atomic E-state index is 13.1. The van der Waals surface area contributed by atoms with Crippen LogP contribution in [-0.4, -0.2) is 36.3 Å². The Labute approximate surface area is 158 Å². The molecule has 1 aliphatic rings. The Morgan fingerprint density at radius 3 is 2.56 bits per heavy atom. The first kappa shape index (κ1) is 18.9. The molecule has 0 spiro atoms. The Hall–Kier alpha value is -2.89. The molecule has 0 fully saturated rings. The molecule has 3 rings (SSSR count). The molecule has 0 N–H and O–H groups in total. The average molecular weight is 370 g/mol. The van der Waals surface area contributed by atoms with Crippen LogP contribution in [0.2, 0.25) is 0 Å². The number of hydrogen-bond donors (Lipinski definition) is 0. The number of methoxy groups -OCH3 is 1. The van der Waals surface area contributed by atoms with Crippen molar-refractivity contribution in [3.63, 3.8) is 0 Å². The summed E-state index contributed by atoms with van der Waals surface area (Å²) in [6.07, 6.45) is 0.835. The molecule has 0 bridgehead atoms. The van der Waals surface area contributed by atoms with Gasteiger partial charge in [0.25, 0.3) is 0 Å². The van der Waals surface area contributed by atoms with Gasteiger partial charge in [0.1, 0.15) is 11.6 Å². The molecule has 1 amide bonds. The lowest BCUT2D eigenvalue weighted by Crippen LogP contribution is -2.36. The van der Waals surface area contributed by atoms with Gasteiger partial charge in [0.15, 0.2) is 6.10 Å². The van der Waals surface area contributed by atoms with Crippen LogP contribution in [0.15, 0.2) is 53.7 Å². The first-order valence-electron chi connectivity index (χ1n) is 8.98. The van der Waals surface area contributed by atoms with Gasteiger partial charge in [-0.3, -0.25) is 4.79 Å². The number of amides is 1. The van der Waals surface area contributed by atoms with Crippen LogP contribution in [0.25, 0.3) is 0 Å². The first-order chi connectivity index (χ1) is 13.1. The molecule has 0 saturated carbocycles. The largest absolute Gasteiger partial charge is 0.497 e. The fourth-order valence-electron chi connectivity index (χ4n) is 3.01. The van der Waals surface area contributed by atoms with E-state index in [1.54, 1.807) is 24.1 Å². The van der Waals surface area contributed by atoms with Gasteiger partial charge in [0.05, 0.1) is 19.4 Å². The van der Waals surface area contributed by atoms with Crippen molar-refractivity contribution in [1.82, 2.24) is 4.90 Å². The van der Waals surface area contributed by atoms with E-state index in [1.165, 1.54) is 12.1 Å². The molecule has 1 aliphatic heterocycles. The summed E-state index contributed by atoms with van der Waals surface area (Å²) in [4.78, 5) is 19.6. The predicted octanol–water partition coefficient (Wildman–Crippen LogP) is 3.77. The highest BCUT2D eigenvalue weighted by Crippen LogP contribution is 2.21. The number of ether oxygens (including phenoxy) is 1. The second kappa shape index (κ2) is 8.66. The van der Waals surface area contributed by atoms with Crippen LogP contribution >= 0.6 is 0 Å². The molecule has 1 unspecified atom stereocenters. The highest BCUT2D eigenvalue weighted by atomic mass is 19.1. The molecule has 142 valence electrons. The minimum absolute atomic E-state index is 0.0285. The summed E-state index contributed by atoms with van der Waals surface area (Å²) in [5.74, 6) is 0.526. The number of oxime groups is 1. The highest BCUT2D eigenvalue weighted by molar-refractivity contribution is 6.01. The second-order valence-corrected chi connectivity index (χ2v) is 6.45. The zero-order valence-electron chi connectivity index (χ0n) is 15.5. The van der Waals surface area contributed by atoms with Gasteiger partial charge in [-0.1, -0.05) is 24.2 Å². The van der Waals surface area contributed by atoms with Crippen LogP contribution < -0.4 is 4.74 Å². The molecule has 0 saturated heterocycles. The van der Waals surface area contributed by atoms with Gasteiger partial charge in [-0.2, -0.15) is 0 Å². The van der Waals surface area contributed by atoms with Crippen LogP contribution in [0.1, 0.15) is 30.9 Å². The third kappa shape index (κ3) is 4.84. The van der Waals surface area contributed by atoms with Crippen molar-refractivity contribution in [3.05, 3.63) is 65.5 Å². The van der Waals surface area contributed by atoms with Crippen molar-refractivity contribution in [2.24, 2.45) is 5.16 Å². The third-order valence-electron chi connectivity index (χ3n) is 4.52. The summed E-state index contributed by atoms with van der Waals surface area (Å²) in [5, 5.41) is 4.19. The summed E-state index contributed by atoms with van der Waals surface area (Å²) in [6.45, 7) is 2.69. The Bertz CT molecular complexity index is 803. The number of carbonyl (C=O) groups is 1. The third-order valence-corrected chi connectivity index (χ3v) is 4.52. The van der Waals surface area contributed by atoms with Crippen LogP contribution in [0.3, 0.4) is 0 Å². The molecule has 1 heterocycles. The van der Waals surface area contributed by atoms with Crippen LogP contribution in [0.5, 0.6) is 5.75 Å². The normalized spacial score (nSPS) is 15.8. The smallest absolute Gasteiger partial charge is 0.222 e. The minimum atomic E-state index is -0.288. The number of carbonyl (C=O) groups excluding carboxylic acids is 1. The molecule has 0 aliphatic carbocycles. The van der Waals surface area contributed by atoms with E-state index in [2.05, 4.69) is 5.16 Å². The molecule has 6 heteroatoms. The van der Waals surface area contributed by atoms with Crippen LogP contribution in [0.4, 0.5) is 4.39 Å². The Morgan fingerprint density at radius 2 is 1.93 bits per heavy atom. The van der Waals surface area contributed by atoms with E-state index in [-0.39, 0.29) is 17.8 Å². The van der Waals surface area contributed by atoms with Crippen molar-refractivity contribution in [2.45, 2.75) is 32.4 Å². The van der Waals surface area contributed by atoms with Gasteiger partial charge in [-0.15, -0.1) is 0 Å². The molecule has 2 aromatic carbocycles. The zero-order valence-corrected chi connectivity index (χ0v) is 15.5. The van der Waals surface area contributed by atoms with Gasteiger partial charge in [-0.25, -0.2) is 4.39 Å². The lowest BCUT2D eigenvalue weighted by molar-refractivity contribution is -0.133. The first-order valence-corrected chi connectivity index (χ1v) is 8.98. The number of hydrogen-bond acceptors (Lipinski definition) is 4. The Balaban J connectivity index is 1.63. The van der Waals surface area contributed by atoms with E-state index >= 15 is 0 Å². The molecule has 5 nitrogen and oxygen atoms in total. The van der Waals surface area contributed by atoms with Gasteiger partial charge in [0, 0.05) is 19.4 Å². The lowest BCUT2D eigenvalue weighted by Gasteiger charge is -2.24. The van der Waals surface area contributed by atoms with E-state index in [0.717, 1.165) is 22.6 Å². The zero-order chi connectivity index (χ0) is 19.2. The molecule has 2 aromatic rings. The van der Waals surface area contributed by atoms with Crippen molar-refractivity contribution in [2.75, 3.05) is 13.7 Å². The van der Waals surface area contributed by atoms with E-state index in [9.17, 15) is 9.18 Å². The number of rotatable bonds is 7. The van der Waals surface area contributed by atoms with Crippen molar-refractivity contribution in [3.8, 4) is 5.75 Å². The summed E-state index contributed by atoms with van der Waals surface area (Å²) in [6, 6.07) is 13.8. The number of halogens is 1. The lowest BCUT2D eigenvalue weighted by atomic mass is 10.0. The van der Waals surface area contributed by atoms with Gasteiger partial charge < -0.3 is 14.5 Å². The Morgan fingerprint density at radius 1 is 1.22 bits per heavy atom. The van der Waals surface area contributed by atoms with E-state index in [0.29, 0.717) is 25.9 Å². The summed E-state index contributed by atoms with van der Waals surface area (Å²) >= 11 is 0. The summed E-state index contributed by atoms with van der Waals surface area (Å²) < 4.78 is 18.3. The van der Waals surface area contributed by atoms with Crippen molar-refractivity contribution >= 4 is 11.6 Å². The molecular formula is C21H23FN2O3. The van der Waals surface area contributed by atoms with E-state index < -0.39 is 0 Å². The van der Waals surface area contributed by atoms with Crippen LogP contribution in [0, 0.1) is 5.82 Å². The molecular weight excluding hydrogens is 347 g/mol. The van der Waals surface area contributed by atoms with E-state index in [4.69, 9.17) is 9.57 Å². The number of nitrogens with zero attached hydrogens (tertiary/aromatic N) is 2. The Kier molecular flexibility index (Phi) is 6.06. The summed E-state index contributed by atoms with van der Waals surface area (Å²) in [5.41, 5.74) is 2.71. The fraction of sp³-hybridized carbons (Fsp3) is 0.333. The molecule has 27 heavy (non-hydrogen) atoms. The molecule has 0 radical (unpaired) electrons. The summed E-state index contributed by atoms with van der Waals surface area (Å²) in [7, 11) is 1.63. The quantitative estimate of drug-likeness (QED) is 0.746. The molecule has 0 aromatic heterocycles. The van der Waals surface area contributed by atoms with Crippen molar-refractivity contribution < 1.29 is 18.8 Å². The molecule has 1 atom stereocenters. The fourth-order valence-corrected chi connectivity index (χ4v) is 3.01. The monoisotopic (exact) mass is 370 g/mol. The van der Waals surface area contributed by atoms with Gasteiger partial charge in [0.2, 0.25) is 5.91 Å². The maximum atomic E-state index is 13.1.